The molecule has 2 rings (SSSR count). The van der Waals surface area contributed by atoms with Crippen LogP contribution in [0.25, 0.3) is 0 Å². The van der Waals surface area contributed by atoms with Crippen LogP contribution in [-0.4, -0.2) is 27.4 Å². The molecule has 1 heterocycles. The van der Waals surface area contributed by atoms with Crippen molar-refractivity contribution in [3.8, 4) is 0 Å². The highest BCUT2D eigenvalue weighted by atomic mass is 16.5. The highest BCUT2D eigenvalue weighted by Crippen LogP contribution is 2.40. The normalized spacial score (nSPS) is 21.0. The predicted molar refractivity (Wildman–Crippen MR) is 65.7 cm³/mol. The lowest BCUT2D eigenvalue weighted by Gasteiger charge is -2.29. The lowest BCUT2D eigenvalue weighted by Crippen LogP contribution is -2.50. The number of benzene rings is 1. The minimum Gasteiger partial charge on any atom is -0.388 e. The van der Waals surface area contributed by atoms with Crippen LogP contribution in [-0.2, 0) is 15.4 Å². The van der Waals surface area contributed by atoms with E-state index in [2.05, 4.69) is 16.0 Å². The van der Waals surface area contributed by atoms with Crippen LogP contribution >= 0.6 is 0 Å². The average Bonchev–Trinajstić information content (AvgIpc) is 2.72. The molecule has 92 valence electrons. The van der Waals surface area contributed by atoms with E-state index in [4.69, 9.17) is 4.74 Å². The molecule has 1 atom stereocenters. The molecule has 1 aliphatic rings. The summed E-state index contributed by atoms with van der Waals surface area (Å²) in [5, 5.41) is 9.23. The third-order valence-corrected chi connectivity index (χ3v) is 3.16. The summed E-state index contributed by atoms with van der Waals surface area (Å²) in [5.74, 6) is -0.798. The second-order valence-corrected chi connectivity index (χ2v) is 3.91. The third kappa shape index (κ3) is 1.72. The molecule has 3 N–H and O–H groups in total. The Kier molecular flexibility index (Phi) is 3.15. The number of anilines is 1. The Hall–Kier alpha value is -1.43. The molecule has 0 radical (unpaired) electrons. The summed E-state index contributed by atoms with van der Waals surface area (Å²) in [4.78, 5) is 11.0. The van der Waals surface area contributed by atoms with Gasteiger partial charge in [-0.1, -0.05) is 6.07 Å². The highest BCUT2D eigenvalue weighted by Gasteiger charge is 2.43. The summed E-state index contributed by atoms with van der Waals surface area (Å²) in [7, 11) is 5.44. The number of fused-ring (bicyclic) bond motifs is 1. The maximum Gasteiger partial charge on any atom is 0.203 e. The van der Waals surface area contributed by atoms with Crippen LogP contribution in [0.4, 0.5) is 5.69 Å². The number of aldehydes is 1. The Morgan fingerprint density at radius 2 is 2.00 bits per heavy atom. The van der Waals surface area contributed by atoms with E-state index in [9.17, 15) is 4.79 Å². The smallest absolute Gasteiger partial charge is 0.203 e. The molecule has 0 saturated carbocycles. The van der Waals surface area contributed by atoms with E-state index in [1.807, 2.05) is 25.2 Å². The first-order chi connectivity index (χ1) is 8.20. The molecule has 17 heavy (non-hydrogen) atoms. The van der Waals surface area contributed by atoms with Gasteiger partial charge in [-0.2, -0.15) is 0 Å². The average molecular weight is 235 g/mol. The fourth-order valence-corrected chi connectivity index (χ4v) is 2.20. The van der Waals surface area contributed by atoms with Crippen molar-refractivity contribution in [2.24, 2.45) is 0 Å². The lowest BCUT2D eigenvalue weighted by atomic mass is 10.0. The standard InChI is InChI=1S/C12H17N3O2/c1-13-8-4-5-9-10(6-8)12(14-2,15-3)17-11(9)7-16/h4-7,11,13-15H,1-3H3. The van der Waals surface area contributed by atoms with Gasteiger partial charge in [0.1, 0.15) is 6.10 Å². The molecule has 0 saturated heterocycles. The maximum absolute atomic E-state index is 11.0. The van der Waals surface area contributed by atoms with Crippen molar-refractivity contribution in [3.05, 3.63) is 29.3 Å². The minimum absolute atomic E-state index is 0.532. The Balaban J connectivity index is 2.56. The van der Waals surface area contributed by atoms with E-state index in [1.165, 1.54) is 0 Å². The zero-order valence-electron chi connectivity index (χ0n) is 10.2. The Morgan fingerprint density at radius 3 is 2.53 bits per heavy atom. The number of rotatable bonds is 4. The predicted octanol–water partition coefficient (Wildman–Crippen LogP) is 0.548. The van der Waals surface area contributed by atoms with Gasteiger partial charge in [-0.15, -0.1) is 0 Å². The molecule has 0 aliphatic carbocycles. The quantitative estimate of drug-likeness (QED) is 0.525. The van der Waals surface area contributed by atoms with Crippen LogP contribution in [0.1, 0.15) is 17.2 Å². The summed E-state index contributed by atoms with van der Waals surface area (Å²) in [5.41, 5.74) is 2.81. The van der Waals surface area contributed by atoms with Crippen molar-refractivity contribution in [2.75, 3.05) is 26.5 Å². The van der Waals surface area contributed by atoms with Gasteiger partial charge < -0.3 is 14.8 Å². The van der Waals surface area contributed by atoms with Crippen LogP contribution in [0.15, 0.2) is 18.2 Å². The van der Waals surface area contributed by atoms with Crippen LogP contribution in [0.5, 0.6) is 0 Å². The van der Waals surface area contributed by atoms with Gasteiger partial charge in [0.2, 0.25) is 5.85 Å². The molecule has 1 unspecified atom stereocenters. The third-order valence-electron chi connectivity index (χ3n) is 3.16. The first-order valence-corrected chi connectivity index (χ1v) is 5.54. The van der Waals surface area contributed by atoms with Crippen molar-refractivity contribution >= 4 is 12.0 Å². The van der Waals surface area contributed by atoms with E-state index in [0.717, 1.165) is 23.1 Å². The van der Waals surface area contributed by atoms with Crippen molar-refractivity contribution < 1.29 is 9.53 Å². The number of nitrogens with one attached hydrogen (secondary N) is 3. The molecule has 0 spiro atoms. The van der Waals surface area contributed by atoms with Crippen molar-refractivity contribution in [1.29, 1.82) is 0 Å². The van der Waals surface area contributed by atoms with Gasteiger partial charge >= 0.3 is 0 Å². The van der Waals surface area contributed by atoms with Crippen molar-refractivity contribution in [2.45, 2.75) is 12.0 Å². The van der Waals surface area contributed by atoms with Crippen molar-refractivity contribution in [1.82, 2.24) is 10.6 Å². The highest BCUT2D eigenvalue weighted by molar-refractivity contribution is 5.65. The Bertz CT molecular complexity index is 430. The summed E-state index contributed by atoms with van der Waals surface area (Å²) >= 11 is 0. The fraction of sp³-hybridized carbons (Fsp3) is 0.417. The van der Waals surface area contributed by atoms with E-state index in [1.54, 1.807) is 14.1 Å². The summed E-state index contributed by atoms with van der Waals surface area (Å²) in [6, 6.07) is 5.82. The molecule has 5 nitrogen and oxygen atoms in total. The van der Waals surface area contributed by atoms with Crippen LogP contribution in [0.2, 0.25) is 0 Å². The molecule has 0 fully saturated rings. The number of ether oxygens (including phenoxy) is 1. The second kappa shape index (κ2) is 4.44. The van der Waals surface area contributed by atoms with Gasteiger partial charge in [-0.05, 0) is 31.8 Å². The largest absolute Gasteiger partial charge is 0.388 e. The molecule has 5 heteroatoms. The number of hydrogen-bond acceptors (Lipinski definition) is 5. The summed E-state index contributed by atoms with van der Waals surface area (Å²) in [6.07, 6.45) is 0.282. The molecule has 0 bridgehead atoms. The van der Waals surface area contributed by atoms with Gasteiger partial charge in [-0.25, -0.2) is 0 Å². The second-order valence-electron chi connectivity index (χ2n) is 3.91. The fourth-order valence-electron chi connectivity index (χ4n) is 2.20. The SMILES string of the molecule is CNc1ccc2c(c1)C(NC)(NC)OC2C=O. The van der Waals surface area contributed by atoms with Crippen LogP contribution in [0.3, 0.4) is 0 Å². The zero-order valence-corrected chi connectivity index (χ0v) is 10.2. The van der Waals surface area contributed by atoms with E-state index >= 15 is 0 Å². The Morgan fingerprint density at radius 1 is 1.29 bits per heavy atom. The number of hydrogen-bond donors (Lipinski definition) is 3. The lowest BCUT2D eigenvalue weighted by molar-refractivity contribution is -0.140. The number of carbonyl (C=O) groups excluding carboxylic acids is 1. The van der Waals surface area contributed by atoms with Crippen LogP contribution in [0, 0.1) is 0 Å². The first-order valence-electron chi connectivity index (χ1n) is 5.54. The molecule has 1 aromatic rings. The summed E-state index contributed by atoms with van der Waals surface area (Å²) < 4.78 is 5.75. The first kappa shape index (κ1) is 12.0. The molecule has 1 aromatic carbocycles. The molecule has 0 amide bonds. The molecule has 1 aliphatic heterocycles. The van der Waals surface area contributed by atoms with Gasteiger partial charge in [0.05, 0.1) is 0 Å². The van der Waals surface area contributed by atoms with E-state index in [-0.39, 0.29) is 0 Å². The molecular weight excluding hydrogens is 218 g/mol. The minimum atomic E-state index is -0.798. The van der Waals surface area contributed by atoms with Crippen molar-refractivity contribution in [3.63, 3.8) is 0 Å². The maximum atomic E-state index is 11.0. The van der Waals surface area contributed by atoms with Crippen LogP contribution < -0.4 is 16.0 Å². The van der Waals surface area contributed by atoms with Gasteiger partial charge in [0.25, 0.3) is 0 Å². The Labute approximate surface area is 101 Å². The van der Waals surface area contributed by atoms with Gasteiger partial charge in [0, 0.05) is 18.3 Å². The van der Waals surface area contributed by atoms with E-state index < -0.39 is 12.0 Å². The topological polar surface area (TPSA) is 62.4 Å². The van der Waals surface area contributed by atoms with E-state index in [0.29, 0.717) is 0 Å². The van der Waals surface area contributed by atoms with Gasteiger partial charge in [-0.3, -0.25) is 10.6 Å². The monoisotopic (exact) mass is 235 g/mol. The summed E-state index contributed by atoms with van der Waals surface area (Å²) in [6.45, 7) is 0. The molecule has 0 aromatic heterocycles. The van der Waals surface area contributed by atoms with Gasteiger partial charge in [0.15, 0.2) is 6.29 Å². The zero-order chi connectivity index (χ0) is 12.5. The number of carbonyl (C=O) groups is 1. The molecular formula is C12H17N3O2.